The maximum absolute atomic E-state index is 6.32. The Morgan fingerprint density at radius 2 is 2.06 bits per heavy atom. The van der Waals surface area contributed by atoms with E-state index in [2.05, 4.69) is 29.4 Å². The molecule has 0 saturated heterocycles. The highest BCUT2D eigenvalue weighted by molar-refractivity contribution is 6.33. The average Bonchev–Trinajstić information content (AvgIpc) is 2.31. The summed E-state index contributed by atoms with van der Waals surface area (Å²) in [5, 5.41) is 3.88. The van der Waals surface area contributed by atoms with Crippen LogP contribution in [0.5, 0.6) is 0 Å². The monoisotopic (exact) mass is 246 g/mol. The molecule has 2 rings (SSSR count). The van der Waals surface area contributed by atoms with Gasteiger partial charge >= 0.3 is 0 Å². The second kappa shape index (κ2) is 5.30. The molecule has 0 aliphatic heterocycles. The van der Waals surface area contributed by atoms with Gasteiger partial charge in [0.15, 0.2) is 0 Å². The predicted octanol–water partition coefficient (Wildman–Crippen LogP) is 3.43. The second-order valence-electron chi connectivity index (χ2n) is 4.04. The van der Waals surface area contributed by atoms with Crippen LogP contribution in [0.4, 0.5) is 0 Å². The molecule has 0 aliphatic rings. The van der Waals surface area contributed by atoms with E-state index in [0.29, 0.717) is 0 Å². The van der Waals surface area contributed by atoms with E-state index < -0.39 is 0 Å². The molecule has 2 nitrogen and oxygen atoms in total. The van der Waals surface area contributed by atoms with Crippen LogP contribution >= 0.6 is 11.6 Å². The molecule has 2 aromatic rings. The molecule has 1 heterocycles. The first-order chi connectivity index (χ1) is 8.22. The SMILES string of the molecule is CNCc1ccc(-c2cnccc2C)c(Cl)c1. The summed E-state index contributed by atoms with van der Waals surface area (Å²) < 4.78 is 0. The summed E-state index contributed by atoms with van der Waals surface area (Å²) >= 11 is 6.32. The number of benzene rings is 1. The fourth-order valence-corrected chi connectivity index (χ4v) is 2.14. The van der Waals surface area contributed by atoms with Crippen LogP contribution in [0.15, 0.2) is 36.7 Å². The van der Waals surface area contributed by atoms with Crippen LogP contribution in [0.2, 0.25) is 5.02 Å². The van der Waals surface area contributed by atoms with Gasteiger partial charge in [-0.25, -0.2) is 0 Å². The van der Waals surface area contributed by atoms with E-state index in [9.17, 15) is 0 Å². The van der Waals surface area contributed by atoms with Gasteiger partial charge in [-0.05, 0) is 37.2 Å². The second-order valence-corrected chi connectivity index (χ2v) is 4.44. The Morgan fingerprint density at radius 1 is 1.24 bits per heavy atom. The van der Waals surface area contributed by atoms with Gasteiger partial charge in [-0.1, -0.05) is 23.7 Å². The van der Waals surface area contributed by atoms with Gasteiger partial charge in [0.1, 0.15) is 0 Å². The molecule has 0 bridgehead atoms. The zero-order chi connectivity index (χ0) is 12.3. The summed E-state index contributed by atoms with van der Waals surface area (Å²) in [6.07, 6.45) is 3.65. The van der Waals surface area contributed by atoms with E-state index in [4.69, 9.17) is 11.6 Å². The van der Waals surface area contributed by atoms with Gasteiger partial charge in [0.05, 0.1) is 0 Å². The summed E-state index contributed by atoms with van der Waals surface area (Å²) in [6, 6.07) is 8.14. The van der Waals surface area contributed by atoms with Crippen molar-refractivity contribution in [1.82, 2.24) is 10.3 Å². The number of rotatable bonds is 3. The summed E-state index contributed by atoms with van der Waals surface area (Å²) in [7, 11) is 1.92. The molecule has 0 unspecified atom stereocenters. The van der Waals surface area contributed by atoms with Crippen molar-refractivity contribution in [3.63, 3.8) is 0 Å². The minimum atomic E-state index is 0.772. The fraction of sp³-hybridized carbons (Fsp3) is 0.214. The smallest absolute Gasteiger partial charge is 0.0488 e. The van der Waals surface area contributed by atoms with Crippen molar-refractivity contribution in [3.05, 3.63) is 52.8 Å². The van der Waals surface area contributed by atoms with Gasteiger partial charge in [0.2, 0.25) is 0 Å². The molecule has 17 heavy (non-hydrogen) atoms. The molecular formula is C14H15ClN2. The molecule has 0 atom stereocenters. The normalized spacial score (nSPS) is 10.5. The van der Waals surface area contributed by atoms with Crippen LogP contribution in [0.25, 0.3) is 11.1 Å². The zero-order valence-electron chi connectivity index (χ0n) is 10.00. The summed E-state index contributed by atoms with van der Waals surface area (Å²) in [5.41, 5.74) is 4.50. The zero-order valence-corrected chi connectivity index (χ0v) is 10.8. The molecule has 1 aromatic carbocycles. The quantitative estimate of drug-likeness (QED) is 0.898. The third-order valence-electron chi connectivity index (χ3n) is 2.74. The lowest BCUT2D eigenvalue weighted by Gasteiger charge is -2.09. The number of hydrogen-bond acceptors (Lipinski definition) is 2. The van der Waals surface area contributed by atoms with Crippen molar-refractivity contribution >= 4 is 11.6 Å². The number of pyridine rings is 1. The Balaban J connectivity index is 2.44. The molecule has 88 valence electrons. The van der Waals surface area contributed by atoms with Crippen LogP contribution in [0.3, 0.4) is 0 Å². The Bertz CT molecular complexity index is 523. The van der Waals surface area contributed by atoms with Gasteiger partial charge in [-0.2, -0.15) is 0 Å². The number of aromatic nitrogens is 1. The van der Waals surface area contributed by atoms with Crippen LogP contribution in [-0.2, 0) is 6.54 Å². The Hall–Kier alpha value is -1.38. The van der Waals surface area contributed by atoms with Gasteiger partial charge in [0, 0.05) is 35.1 Å². The van der Waals surface area contributed by atoms with E-state index in [0.717, 1.165) is 22.7 Å². The number of hydrogen-bond donors (Lipinski definition) is 1. The minimum absolute atomic E-state index is 0.772. The van der Waals surface area contributed by atoms with Crippen molar-refractivity contribution in [2.24, 2.45) is 0 Å². The number of halogens is 1. The molecule has 0 radical (unpaired) electrons. The first-order valence-electron chi connectivity index (χ1n) is 5.56. The summed E-state index contributed by atoms with van der Waals surface area (Å²) in [6.45, 7) is 2.89. The van der Waals surface area contributed by atoms with Crippen molar-refractivity contribution in [2.45, 2.75) is 13.5 Å². The third-order valence-corrected chi connectivity index (χ3v) is 3.06. The van der Waals surface area contributed by atoms with Gasteiger partial charge in [0.25, 0.3) is 0 Å². The van der Waals surface area contributed by atoms with E-state index in [1.54, 1.807) is 6.20 Å². The molecule has 0 aliphatic carbocycles. The molecule has 1 N–H and O–H groups in total. The number of aryl methyl sites for hydroxylation is 1. The van der Waals surface area contributed by atoms with Crippen LogP contribution < -0.4 is 5.32 Å². The lowest BCUT2D eigenvalue weighted by Crippen LogP contribution is -2.04. The molecule has 3 heteroatoms. The van der Waals surface area contributed by atoms with Gasteiger partial charge < -0.3 is 5.32 Å². The molecule has 1 aromatic heterocycles. The third kappa shape index (κ3) is 2.65. The van der Waals surface area contributed by atoms with Crippen molar-refractivity contribution < 1.29 is 0 Å². The van der Waals surface area contributed by atoms with Crippen LogP contribution in [0.1, 0.15) is 11.1 Å². The first-order valence-corrected chi connectivity index (χ1v) is 5.94. The van der Waals surface area contributed by atoms with Gasteiger partial charge in [-0.15, -0.1) is 0 Å². The standard InChI is InChI=1S/C14H15ClN2/c1-10-5-6-17-9-13(10)12-4-3-11(8-16-2)7-14(12)15/h3-7,9,16H,8H2,1-2H3. The first kappa shape index (κ1) is 12.1. The summed E-state index contributed by atoms with van der Waals surface area (Å²) in [5.74, 6) is 0. The Labute approximate surface area is 107 Å². The maximum Gasteiger partial charge on any atom is 0.0488 e. The molecule has 0 fully saturated rings. The lowest BCUT2D eigenvalue weighted by molar-refractivity contribution is 0.818. The lowest BCUT2D eigenvalue weighted by atomic mass is 10.0. The van der Waals surface area contributed by atoms with Crippen LogP contribution in [0, 0.1) is 6.92 Å². The Kier molecular flexibility index (Phi) is 3.77. The molecule has 0 amide bonds. The topological polar surface area (TPSA) is 24.9 Å². The van der Waals surface area contributed by atoms with E-state index in [-0.39, 0.29) is 0 Å². The Morgan fingerprint density at radius 3 is 2.71 bits per heavy atom. The molecular weight excluding hydrogens is 232 g/mol. The highest BCUT2D eigenvalue weighted by atomic mass is 35.5. The van der Waals surface area contributed by atoms with E-state index in [1.807, 2.05) is 25.4 Å². The number of nitrogens with zero attached hydrogens (tertiary/aromatic N) is 1. The average molecular weight is 247 g/mol. The molecule has 0 spiro atoms. The summed E-state index contributed by atoms with van der Waals surface area (Å²) in [4.78, 5) is 4.15. The van der Waals surface area contributed by atoms with E-state index in [1.165, 1.54) is 11.1 Å². The van der Waals surface area contributed by atoms with Crippen LogP contribution in [-0.4, -0.2) is 12.0 Å². The van der Waals surface area contributed by atoms with Crippen molar-refractivity contribution in [3.8, 4) is 11.1 Å². The van der Waals surface area contributed by atoms with Crippen molar-refractivity contribution in [2.75, 3.05) is 7.05 Å². The predicted molar refractivity (Wildman–Crippen MR) is 72.2 cm³/mol. The highest BCUT2D eigenvalue weighted by Gasteiger charge is 2.06. The molecule has 0 saturated carbocycles. The largest absolute Gasteiger partial charge is 0.316 e. The maximum atomic E-state index is 6.32. The van der Waals surface area contributed by atoms with Gasteiger partial charge in [-0.3, -0.25) is 4.98 Å². The van der Waals surface area contributed by atoms with Crippen molar-refractivity contribution in [1.29, 1.82) is 0 Å². The minimum Gasteiger partial charge on any atom is -0.316 e. The highest BCUT2D eigenvalue weighted by Crippen LogP contribution is 2.30. The van der Waals surface area contributed by atoms with E-state index >= 15 is 0 Å². The fourth-order valence-electron chi connectivity index (χ4n) is 1.84. The number of nitrogens with one attached hydrogen (secondary N) is 1.